The van der Waals surface area contributed by atoms with Gasteiger partial charge in [-0.1, -0.05) is 6.92 Å². The maximum absolute atomic E-state index is 12.5. The Hall–Kier alpha value is -3.36. The normalized spacial score (nSPS) is 11.1. The Morgan fingerprint density at radius 2 is 1.97 bits per heavy atom. The number of ether oxygens (including phenoxy) is 1. The third-order valence-corrected chi connectivity index (χ3v) is 4.96. The number of nitrogens with zero attached hydrogens (tertiary/aromatic N) is 4. The molecule has 0 saturated carbocycles. The van der Waals surface area contributed by atoms with E-state index in [9.17, 15) is 14.4 Å². The number of fused-ring (bicyclic) bond motifs is 1. The molecule has 160 valence electrons. The minimum absolute atomic E-state index is 0.106. The summed E-state index contributed by atoms with van der Waals surface area (Å²) in [4.78, 5) is 41.0. The highest BCUT2D eigenvalue weighted by Crippen LogP contribution is 2.22. The van der Waals surface area contributed by atoms with Gasteiger partial charge in [-0.05, 0) is 43.5 Å². The molecule has 0 aliphatic heterocycles. The molecule has 0 unspecified atom stereocenters. The number of aromatic nitrogens is 4. The van der Waals surface area contributed by atoms with Crippen LogP contribution in [0.15, 0.2) is 34.1 Å². The molecular formula is C21H27N5O4. The van der Waals surface area contributed by atoms with Crippen molar-refractivity contribution in [2.75, 3.05) is 11.9 Å². The van der Waals surface area contributed by atoms with Crippen LogP contribution < -0.4 is 21.3 Å². The van der Waals surface area contributed by atoms with Gasteiger partial charge < -0.3 is 14.6 Å². The summed E-state index contributed by atoms with van der Waals surface area (Å²) in [7, 11) is 3.02. The Morgan fingerprint density at radius 3 is 2.67 bits per heavy atom. The molecular weight excluding hydrogens is 386 g/mol. The van der Waals surface area contributed by atoms with Crippen LogP contribution in [0.3, 0.4) is 0 Å². The number of benzene rings is 1. The third kappa shape index (κ3) is 4.29. The second-order valence-electron chi connectivity index (χ2n) is 7.29. The van der Waals surface area contributed by atoms with Crippen molar-refractivity contribution in [3.63, 3.8) is 0 Å². The Labute approximate surface area is 173 Å². The molecule has 0 bridgehead atoms. The Morgan fingerprint density at radius 1 is 1.20 bits per heavy atom. The number of imidazole rings is 1. The highest BCUT2D eigenvalue weighted by atomic mass is 16.5. The maximum Gasteiger partial charge on any atom is 0.332 e. The van der Waals surface area contributed by atoms with Crippen LogP contribution in [0.4, 0.5) is 5.69 Å². The van der Waals surface area contributed by atoms with Crippen LogP contribution >= 0.6 is 0 Å². The van der Waals surface area contributed by atoms with Crippen LogP contribution in [0.2, 0.25) is 0 Å². The number of hydrogen-bond donors (Lipinski definition) is 1. The van der Waals surface area contributed by atoms with E-state index in [2.05, 4.69) is 10.3 Å². The molecule has 9 nitrogen and oxygen atoms in total. The summed E-state index contributed by atoms with van der Waals surface area (Å²) in [5.41, 5.74) is 1.57. The minimum atomic E-state index is -0.418. The fourth-order valence-electron chi connectivity index (χ4n) is 3.28. The lowest BCUT2D eigenvalue weighted by Crippen LogP contribution is -2.37. The number of aryl methyl sites for hydroxylation is 3. The first kappa shape index (κ1) is 21.4. The summed E-state index contributed by atoms with van der Waals surface area (Å²) < 4.78 is 9.69. The summed E-state index contributed by atoms with van der Waals surface area (Å²) in [6, 6.07) is 5.59. The first-order valence-corrected chi connectivity index (χ1v) is 9.97. The van der Waals surface area contributed by atoms with E-state index in [0.717, 1.165) is 28.0 Å². The Balaban J connectivity index is 1.63. The van der Waals surface area contributed by atoms with Gasteiger partial charge in [0.2, 0.25) is 5.91 Å². The van der Waals surface area contributed by atoms with E-state index in [-0.39, 0.29) is 5.91 Å². The minimum Gasteiger partial charge on any atom is -0.494 e. The van der Waals surface area contributed by atoms with Crippen LogP contribution in [-0.2, 0) is 25.4 Å². The highest BCUT2D eigenvalue weighted by Gasteiger charge is 2.14. The number of nitrogens with one attached hydrogen (secondary N) is 1. The molecule has 9 heteroatoms. The van der Waals surface area contributed by atoms with Crippen LogP contribution in [-0.4, -0.2) is 31.2 Å². The van der Waals surface area contributed by atoms with E-state index in [1.54, 1.807) is 11.6 Å². The predicted octanol–water partition coefficient (Wildman–Crippen LogP) is 1.95. The summed E-state index contributed by atoms with van der Waals surface area (Å²) in [5.74, 6) is 0.681. The van der Waals surface area contributed by atoms with Crippen LogP contribution in [0, 0.1) is 6.92 Å². The molecule has 0 spiro atoms. The number of amides is 1. The van der Waals surface area contributed by atoms with Crippen molar-refractivity contribution in [3.05, 3.63) is 50.9 Å². The SMILES string of the molecule is CCCOc1ccc(NC(=O)CCCn2cnc3c2c(=O)n(C)c(=O)n3C)c(C)c1. The van der Waals surface area contributed by atoms with Crippen molar-refractivity contribution in [2.24, 2.45) is 14.1 Å². The van der Waals surface area contributed by atoms with Gasteiger partial charge in [0.15, 0.2) is 11.2 Å². The van der Waals surface area contributed by atoms with Gasteiger partial charge >= 0.3 is 5.69 Å². The number of carbonyl (C=O) groups is 1. The van der Waals surface area contributed by atoms with Crippen molar-refractivity contribution in [3.8, 4) is 5.75 Å². The van der Waals surface area contributed by atoms with Gasteiger partial charge in [-0.2, -0.15) is 0 Å². The third-order valence-electron chi connectivity index (χ3n) is 4.96. The second kappa shape index (κ2) is 8.98. The van der Waals surface area contributed by atoms with Crippen molar-refractivity contribution in [1.82, 2.24) is 18.7 Å². The van der Waals surface area contributed by atoms with Crippen molar-refractivity contribution >= 4 is 22.8 Å². The highest BCUT2D eigenvalue weighted by molar-refractivity contribution is 5.91. The molecule has 3 rings (SSSR count). The largest absolute Gasteiger partial charge is 0.494 e. The lowest BCUT2D eigenvalue weighted by Gasteiger charge is -2.11. The van der Waals surface area contributed by atoms with Gasteiger partial charge in [-0.3, -0.25) is 18.7 Å². The lowest BCUT2D eigenvalue weighted by molar-refractivity contribution is -0.116. The zero-order valence-electron chi connectivity index (χ0n) is 17.8. The molecule has 0 fully saturated rings. The van der Waals surface area contributed by atoms with Crippen LogP contribution in [0.25, 0.3) is 11.2 Å². The number of rotatable bonds is 8. The van der Waals surface area contributed by atoms with Gasteiger partial charge in [-0.15, -0.1) is 0 Å². The summed E-state index contributed by atoms with van der Waals surface area (Å²) >= 11 is 0. The number of carbonyl (C=O) groups excluding carboxylic acids is 1. The van der Waals surface area contributed by atoms with Crippen LogP contribution in [0.5, 0.6) is 5.75 Å². The molecule has 3 aromatic rings. The van der Waals surface area contributed by atoms with Crippen molar-refractivity contribution in [1.29, 1.82) is 0 Å². The Kier molecular flexibility index (Phi) is 6.39. The van der Waals surface area contributed by atoms with Crippen molar-refractivity contribution in [2.45, 2.75) is 39.7 Å². The van der Waals surface area contributed by atoms with E-state index >= 15 is 0 Å². The topological polar surface area (TPSA) is 100 Å². The molecule has 0 aliphatic rings. The van der Waals surface area contributed by atoms with Gasteiger partial charge in [-0.25, -0.2) is 9.78 Å². The van der Waals surface area contributed by atoms with Crippen LogP contribution in [0.1, 0.15) is 31.7 Å². The quantitative estimate of drug-likeness (QED) is 0.608. The standard InChI is InChI=1S/C21H27N5O4/c1-5-11-30-15-8-9-16(14(2)12-15)23-17(27)7-6-10-26-13-22-19-18(26)20(28)25(4)21(29)24(19)3/h8-9,12-13H,5-7,10-11H2,1-4H3,(H,23,27). The summed E-state index contributed by atoms with van der Waals surface area (Å²) in [6.07, 6.45) is 3.29. The summed E-state index contributed by atoms with van der Waals surface area (Å²) in [5, 5.41) is 2.92. The predicted molar refractivity (Wildman–Crippen MR) is 115 cm³/mol. The molecule has 1 amide bonds. The number of anilines is 1. The lowest BCUT2D eigenvalue weighted by atomic mass is 10.2. The average Bonchev–Trinajstić information content (AvgIpc) is 3.15. The number of hydrogen-bond acceptors (Lipinski definition) is 5. The van der Waals surface area contributed by atoms with Gasteiger partial charge in [0.05, 0.1) is 12.9 Å². The van der Waals surface area contributed by atoms with Crippen molar-refractivity contribution < 1.29 is 9.53 Å². The molecule has 30 heavy (non-hydrogen) atoms. The molecule has 1 aromatic carbocycles. The first-order valence-electron chi connectivity index (χ1n) is 9.97. The van der Waals surface area contributed by atoms with Gasteiger partial charge in [0.25, 0.3) is 5.56 Å². The molecule has 2 heterocycles. The maximum atomic E-state index is 12.5. The van der Waals surface area contributed by atoms with E-state index in [4.69, 9.17) is 4.74 Å². The summed E-state index contributed by atoms with van der Waals surface area (Å²) in [6.45, 7) is 5.07. The first-order chi connectivity index (χ1) is 14.3. The smallest absolute Gasteiger partial charge is 0.332 e. The zero-order chi connectivity index (χ0) is 21.8. The average molecular weight is 413 g/mol. The zero-order valence-corrected chi connectivity index (χ0v) is 17.8. The molecule has 0 aliphatic carbocycles. The fraction of sp³-hybridized carbons (Fsp3) is 0.429. The molecule has 1 N–H and O–H groups in total. The molecule has 0 atom stereocenters. The molecule has 2 aromatic heterocycles. The van der Waals surface area contributed by atoms with E-state index in [1.165, 1.54) is 17.9 Å². The van der Waals surface area contributed by atoms with E-state index < -0.39 is 11.2 Å². The van der Waals surface area contributed by atoms with Gasteiger partial charge in [0.1, 0.15) is 5.75 Å². The van der Waals surface area contributed by atoms with Gasteiger partial charge in [0, 0.05) is 32.7 Å². The van der Waals surface area contributed by atoms with E-state index in [1.807, 2.05) is 32.0 Å². The fourth-order valence-corrected chi connectivity index (χ4v) is 3.28. The Bertz CT molecular complexity index is 1190. The molecule has 0 radical (unpaired) electrons. The second-order valence-corrected chi connectivity index (χ2v) is 7.29. The van der Waals surface area contributed by atoms with E-state index in [0.29, 0.717) is 37.2 Å². The monoisotopic (exact) mass is 413 g/mol. The molecule has 0 saturated heterocycles.